The van der Waals surface area contributed by atoms with Crippen LogP contribution >= 0.6 is 34.5 Å². The molecule has 0 radical (unpaired) electrons. The van der Waals surface area contributed by atoms with Crippen molar-refractivity contribution in [3.8, 4) is 0 Å². The highest BCUT2D eigenvalue weighted by Gasteiger charge is 2.15. The average molecular weight is 423 g/mol. The Balaban J connectivity index is 2.21. The summed E-state index contributed by atoms with van der Waals surface area (Å²) in [7, 11) is 1.32. The van der Waals surface area contributed by atoms with Crippen LogP contribution in [0, 0.1) is 13.8 Å². The summed E-state index contributed by atoms with van der Waals surface area (Å²) < 4.78 is 7.38. The molecule has 27 heavy (non-hydrogen) atoms. The molecule has 0 atom stereocenters. The van der Waals surface area contributed by atoms with Gasteiger partial charge < -0.3 is 9.30 Å². The zero-order chi connectivity index (χ0) is 19.7. The van der Waals surface area contributed by atoms with Gasteiger partial charge in [0, 0.05) is 5.02 Å². The molecular formula is C19H16Cl2N2O3S. The van der Waals surface area contributed by atoms with Crippen molar-refractivity contribution in [3.05, 3.63) is 61.9 Å². The SMILES string of the molecule is COC(=O)Cn1c(=NC(=O)c2cc(Cl)ccc2Cl)sc2cc(C)c(C)cc21. The maximum atomic E-state index is 12.7. The predicted molar refractivity (Wildman–Crippen MR) is 108 cm³/mol. The molecule has 1 heterocycles. The normalized spacial score (nSPS) is 11.8. The van der Waals surface area contributed by atoms with E-state index in [9.17, 15) is 9.59 Å². The predicted octanol–water partition coefficient (Wildman–Crippen LogP) is 4.54. The number of aromatic nitrogens is 1. The number of thiazole rings is 1. The van der Waals surface area contributed by atoms with Crippen molar-refractivity contribution in [1.29, 1.82) is 0 Å². The number of esters is 1. The van der Waals surface area contributed by atoms with Crippen molar-refractivity contribution >= 4 is 56.6 Å². The number of amides is 1. The molecule has 0 bridgehead atoms. The van der Waals surface area contributed by atoms with Crippen LogP contribution in [0.15, 0.2) is 35.3 Å². The fourth-order valence-electron chi connectivity index (χ4n) is 2.56. The second kappa shape index (κ2) is 7.84. The summed E-state index contributed by atoms with van der Waals surface area (Å²) in [4.78, 5) is 29.1. The molecule has 0 unspecified atom stereocenters. The zero-order valence-corrected chi connectivity index (χ0v) is 17.2. The van der Waals surface area contributed by atoms with Gasteiger partial charge in [0.05, 0.1) is 27.9 Å². The van der Waals surface area contributed by atoms with Crippen LogP contribution in [0.2, 0.25) is 10.0 Å². The number of ether oxygens (including phenoxy) is 1. The van der Waals surface area contributed by atoms with Crippen molar-refractivity contribution in [1.82, 2.24) is 4.57 Å². The van der Waals surface area contributed by atoms with Gasteiger partial charge in [-0.3, -0.25) is 9.59 Å². The first-order valence-electron chi connectivity index (χ1n) is 8.01. The second-order valence-electron chi connectivity index (χ2n) is 5.99. The van der Waals surface area contributed by atoms with Crippen LogP contribution in [0.4, 0.5) is 0 Å². The summed E-state index contributed by atoms with van der Waals surface area (Å²) in [5.41, 5.74) is 3.22. The van der Waals surface area contributed by atoms with Crippen molar-refractivity contribution < 1.29 is 14.3 Å². The number of halogens is 2. The number of carbonyl (C=O) groups excluding carboxylic acids is 2. The smallest absolute Gasteiger partial charge is 0.325 e. The van der Waals surface area contributed by atoms with Crippen molar-refractivity contribution in [2.45, 2.75) is 20.4 Å². The highest BCUT2D eigenvalue weighted by molar-refractivity contribution is 7.16. The van der Waals surface area contributed by atoms with Crippen LogP contribution in [0.1, 0.15) is 21.5 Å². The molecule has 3 rings (SSSR count). The first kappa shape index (κ1) is 19.6. The van der Waals surface area contributed by atoms with Gasteiger partial charge >= 0.3 is 5.97 Å². The molecule has 0 spiro atoms. The molecule has 0 N–H and O–H groups in total. The van der Waals surface area contributed by atoms with Gasteiger partial charge in [0.15, 0.2) is 4.80 Å². The van der Waals surface area contributed by atoms with Gasteiger partial charge in [-0.05, 0) is 55.3 Å². The third kappa shape index (κ3) is 4.08. The molecule has 140 valence electrons. The van der Waals surface area contributed by atoms with E-state index >= 15 is 0 Å². The van der Waals surface area contributed by atoms with E-state index in [1.165, 1.54) is 24.5 Å². The summed E-state index contributed by atoms with van der Waals surface area (Å²) in [5.74, 6) is -0.955. The maximum absolute atomic E-state index is 12.7. The lowest BCUT2D eigenvalue weighted by atomic mass is 10.1. The van der Waals surface area contributed by atoms with Gasteiger partial charge in [0.25, 0.3) is 5.91 Å². The fraction of sp³-hybridized carbons (Fsp3) is 0.211. The highest BCUT2D eigenvalue weighted by Crippen LogP contribution is 2.24. The molecule has 2 aromatic carbocycles. The van der Waals surface area contributed by atoms with Crippen LogP contribution in [0.5, 0.6) is 0 Å². The topological polar surface area (TPSA) is 60.7 Å². The zero-order valence-electron chi connectivity index (χ0n) is 14.9. The lowest BCUT2D eigenvalue weighted by Gasteiger charge is -2.06. The van der Waals surface area contributed by atoms with Gasteiger partial charge in [0.1, 0.15) is 6.54 Å². The summed E-state index contributed by atoms with van der Waals surface area (Å²) in [5, 5.41) is 0.656. The van der Waals surface area contributed by atoms with Gasteiger partial charge in [-0.25, -0.2) is 0 Å². The number of fused-ring (bicyclic) bond motifs is 1. The van der Waals surface area contributed by atoms with E-state index in [1.54, 1.807) is 16.7 Å². The lowest BCUT2D eigenvalue weighted by molar-refractivity contribution is -0.141. The molecule has 0 aliphatic heterocycles. The van der Waals surface area contributed by atoms with Gasteiger partial charge in [-0.1, -0.05) is 34.5 Å². The molecule has 1 amide bonds. The van der Waals surface area contributed by atoms with Crippen molar-refractivity contribution in [2.24, 2.45) is 4.99 Å². The molecule has 8 heteroatoms. The minimum atomic E-state index is -0.527. The fourth-order valence-corrected chi connectivity index (χ4v) is 4.04. The average Bonchev–Trinajstić information content (AvgIpc) is 2.93. The van der Waals surface area contributed by atoms with E-state index < -0.39 is 11.9 Å². The number of hydrogen-bond donors (Lipinski definition) is 0. The van der Waals surface area contributed by atoms with E-state index in [1.807, 2.05) is 26.0 Å². The number of methoxy groups -OCH3 is 1. The quantitative estimate of drug-likeness (QED) is 0.581. The summed E-state index contributed by atoms with van der Waals surface area (Å²) in [6.07, 6.45) is 0. The Labute approximate surface area is 169 Å². The molecular weight excluding hydrogens is 407 g/mol. The first-order chi connectivity index (χ1) is 12.8. The van der Waals surface area contributed by atoms with Gasteiger partial charge in [0.2, 0.25) is 0 Å². The van der Waals surface area contributed by atoms with Gasteiger partial charge in [-0.15, -0.1) is 0 Å². The van der Waals surface area contributed by atoms with E-state index in [0.717, 1.165) is 21.3 Å². The Hall–Kier alpha value is -2.15. The summed E-state index contributed by atoms with van der Waals surface area (Å²) >= 11 is 13.4. The van der Waals surface area contributed by atoms with E-state index in [0.29, 0.717) is 9.82 Å². The highest BCUT2D eigenvalue weighted by atomic mass is 35.5. The van der Waals surface area contributed by atoms with E-state index in [4.69, 9.17) is 27.9 Å². The Morgan fingerprint density at radius 1 is 1.15 bits per heavy atom. The van der Waals surface area contributed by atoms with Crippen LogP contribution < -0.4 is 4.80 Å². The Morgan fingerprint density at radius 2 is 1.85 bits per heavy atom. The Morgan fingerprint density at radius 3 is 2.56 bits per heavy atom. The number of carbonyl (C=O) groups is 2. The minimum Gasteiger partial charge on any atom is -0.468 e. The molecule has 0 aliphatic rings. The first-order valence-corrected chi connectivity index (χ1v) is 9.59. The number of rotatable bonds is 3. The summed E-state index contributed by atoms with van der Waals surface area (Å²) in [6, 6.07) is 8.61. The molecule has 0 saturated carbocycles. The third-order valence-corrected chi connectivity index (χ3v) is 5.77. The summed E-state index contributed by atoms with van der Waals surface area (Å²) in [6.45, 7) is 3.95. The largest absolute Gasteiger partial charge is 0.468 e. The molecule has 1 aromatic heterocycles. The van der Waals surface area contributed by atoms with Crippen LogP contribution in [-0.2, 0) is 16.1 Å². The number of nitrogens with zero attached hydrogens (tertiary/aromatic N) is 2. The Bertz CT molecular complexity index is 1130. The lowest BCUT2D eigenvalue weighted by Crippen LogP contribution is -2.22. The van der Waals surface area contributed by atoms with E-state index in [2.05, 4.69) is 4.99 Å². The maximum Gasteiger partial charge on any atom is 0.325 e. The molecule has 0 aliphatic carbocycles. The van der Waals surface area contributed by atoms with Crippen LogP contribution in [-0.4, -0.2) is 23.6 Å². The van der Waals surface area contributed by atoms with Crippen molar-refractivity contribution in [2.75, 3.05) is 7.11 Å². The van der Waals surface area contributed by atoms with E-state index in [-0.39, 0.29) is 17.1 Å². The number of benzene rings is 2. The van der Waals surface area contributed by atoms with Gasteiger partial charge in [-0.2, -0.15) is 4.99 Å². The third-order valence-electron chi connectivity index (χ3n) is 4.17. The van der Waals surface area contributed by atoms with Crippen molar-refractivity contribution in [3.63, 3.8) is 0 Å². The monoisotopic (exact) mass is 422 g/mol. The number of hydrogen-bond acceptors (Lipinski definition) is 4. The molecule has 3 aromatic rings. The second-order valence-corrected chi connectivity index (χ2v) is 7.84. The molecule has 0 fully saturated rings. The Kier molecular flexibility index (Phi) is 5.69. The standard InChI is InChI=1S/C19H16Cl2N2O3S/c1-10-6-15-16(7-11(10)2)27-19(23(15)9-17(24)26-3)22-18(25)13-8-12(20)4-5-14(13)21/h4-8H,9H2,1-3H3. The van der Waals surface area contributed by atoms with Crippen LogP contribution in [0.3, 0.4) is 0 Å². The number of aryl methyl sites for hydroxylation is 2. The van der Waals surface area contributed by atoms with Crippen LogP contribution in [0.25, 0.3) is 10.2 Å². The molecule has 0 saturated heterocycles. The minimum absolute atomic E-state index is 0.0472. The molecule has 5 nitrogen and oxygen atoms in total.